The number of imide groups is 2. The maximum Gasteiger partial charge on any atom is 0.262 e. The van der Waals surface area contributed by atoms with Crippen LogP contribution in [0, 0.1) is 0 Å². The highest BCUT2D eigenvalue weighted by atomic mass is 16.6. The summed E-state index contributed by atoms with van der Waals surface area (Å²) in [6.45, 7) is 1.11. The number of anilines is 4. The first kappa shape index (κ1) is 81.7. The molecule has 0 radical (unpaired) electrons. The van der Waals surface area contributed by atoms with Crippen molar-refractivity contribution in [3.05, 3.63) is 338 Å². The molecule has 23 rings (SSSR count). The Balaban J connectivity index is 0.767. The number of rotatable bonds is 32. The maximum absolute atomic E-state index is 16.9. The van der Waals surface area contributed by atoms with Gasteiger partial charge in [0, 0.05) is 92.1 Å². The summed E-state index contributed by atoms with van der Waals surface area (Å²) in [6.07, 6.45) is 5.38. The molecule has 4 atom stereocenters. The number of fused-ring (bicyclic) bond motifs is 2. The zero-order chi connectivity index (χ0) is 90.0. The zero-order valence-corrected chi connectivity index (χ0v) is 71.3. The van der Waals surface area contributed by atoms with E-state index in [0.29, 0.717) is 49.4 Å². The predicted molar refractivity (Wildman–Crippen MR) is 498 cm³/mol. The van der Waals surface area contributed by atoms with Crippen molar-refractivity contribution < 1.29 is 85.6 Å². The van der Waals surface area contributed by atoms with E-state index < -0.39 is 48.5 Å². The molecule has 13 aromatic carbocycles. The predicted octanol–water partition coefficient (Wildman–Crippen LogP) is 20.2. The highest BCUT2D eigenvalue weighted by molar-refractivity contribution is 6.45. The first-order chi connectivity index (χ1) is 65.8. The Bertz CT molecular complexity index is 6640. The van der Waals surface area contributed by atoms with Crippen LogP contribution in [-0.4, -0.2) is 156 Å². The molecular weight excluding hydrogens is 1700 g/mol. The van der Waals surface area contributed by atoms with Crippen LogP contribution in [0.15, 0.2) is 316 Å². The molecule has 656 valence electrons. The van der Waals surface area contributed by atoms with Crippen LogP contribution in [0.2, 0.25) is 0 Å². The van der Waals surface area contributed by atoms with Crippen molar-refractivity contribution in [1.29, 1.82) is 0 Å². The largest absolute Gasteiger partial charge is 0.491 e. The van der Waals surface area contributed by atoms with Crippen molar-refractivity contribution >= 4 is 102 Å². The lowest BCUT2D eigenvalue weighted by Crippen LogP contribution is -2.47. The van der Waals surface area contributed by atoms with Gasteiger partial charge in [0.2, 0.25) is 0 Å². The fraction of sp³-hybridized carbons (Fsp3) is 0.130. The van der Waals surface area contributed by atoms with Crippen LogP contribution in [0.1, 0.15) is 41.4 Å². The molecule has 0 spiro atoms. The Hall–Kier alpha value is -16.8. The molecule has 4 fully saturated rings. The minimum atomic E-state index is -0.918. The average Bonchev–Trinajstić information content (AvgIpc) is 0.952. The molecule has 0 aliphatic carbocycles. The van der Waals surface area contributed by atoms with E-state index in [4.69, 9.17) is 56.8 Å². The fourth-order valence-corrected chi connectivity index (χ4v) is 17.1. The third-order valence-corrected chi connectivity index (χ3v) is 24.0. The number of pyridine rings is 4. The van der Waals surface area contributed by atoms with Crippen LogP contribution in [-0.2, 0) is 28.5 Å². The van der Waals surface area contributed by atoms with Gasteiger partial charge in [0.15, 0.2) is 0 Å². The molecule has 6 aliphatic heterocycles. The number of nitrogens with zero attached hydrogens (tertiary/aromatic N) is 8. The van der Waals surface area contributed by atoms with E-state index >= 15 is 28.8 Å². The van der Waals surface area contributed by atoms with E-state index in [0.717, 1.165) is 54.3 Å². The van der Waals surface area contributed by atoms with Crippen LogP contribution >= 0.6 is 0 Å². The molecule has 4 saturated heterocycles. The number of amides is 6. The van der Waals surface area contributed by atoms with Crippen molar-refractivity contribution in [2.45, 2.75) is 24.4 Å². The first-order valence-electron chi connectivity index (χ1n) is 43.7. The molecule has 0 N–H and O–H groups in total. The number of benzene rings is 13. The number of ether oxygens (including phenoxy) is 12. The summed E-state index contributed by atoms with van der Waals surface area (Å²) in [5, 5.41) is 1.34. The van der Waals surface area contributed by atoms with Gasteiger partial charge in [-0.25, -0.2) is 29.7 Å². The number of epoxide rings is 4. The van der Waals surface area contributed by atoms with Gasteiger partial charge in [0.1, 0.15) is 156 Å². The van der Waals surface area contributed by atoms with Gasteiger partial charge in [0.05, 0.1) is 48.7 Å². The molecule has 10 heterocycles. The van der Waals surface area contributed by atoms with E-state index in [1.807, 2.05) is 170 Å². The second kappa shape index (κ2) is 34.6. The Morgan fingerprint density at radius 2 is 0.485 bits per heavy atom. The summed E-state index contributed by atoms with van der Waals surface area (Å²) in [7, 11) is 0. The van der Waals surface area contributed by atoms with E-state index in [1.165, 1.54) is 58.9 Å². The summed E-state index contributed by atoms with van der Waals surface area (Å²) in [5.41, 5.74) is 6.64. The first-order valence-corrected chi connectivity index (χ1v) is 43.7. The molecule has 6 aliphatic rings. The van der Waals surface area contributed by atoms with Crippen LogP contribution in [0.5, 0.6) is 69.0 Å². The van der Waals surface area contributed by atoms with Crippen molar-refractivity contribution in [2.24, 2.45) is 0 Å². The van der Waals surface area contributed by atoms with E-state index in [-0.39, 0.29) is 185 Å². The van der Waals surface area contributed by atoms with Gasteiger partial charge in [0.25, 0.3) is 35.4 Å². The molecular formula is C108H76N8O18. The van der Waals surface area contributed by atoms with Gasteiger partial charge in [-0.1, -0.05) is 170 Å². The van der Waals surface area contributed by atoms with Crippen molar-refractivity contribution in [3.8, 4) is 114 Å². The molecule has 26 nitrogen and oxygen atoms in total. The van der Waals surface area contributed by atoms with E-state index in [1.54, 1.807) is 97.1 Å². The van der Waals surface area contributed by atoms with Crippen LogP contribution in [0.25, 0.3) is 87.6 Å². The second-order valence-corrected chi connectivity index (χ2v) is 33.0. The maximum atomic E-state index is 16.9. The van der Waals surface area contributed by atoms with Crippen LogP contribution in [0.3, 0.4) is 0 Å². The van der Waals surface area contributed by atoms with Crippen LogP contribution < -0.4 is 47.7 Å². The topological polar surface area (TPSA) is 291 Å². The lowest BCUT2D eigenvalue weighted by atomic mass is 9.80. The number of carbonyl (C=O) groups excluding carboxylic acids is 6. The van der Waals surface area contributed by atoms with Gasteiger partial charge in [-0.05, 0) is 142 Å². The monoisotopic (exact) mass is 1770 g/mol. The molecule has 4 unspecified atom stereocenters. The van der Waals surface area contributed by atoms with Crippen molar-refractivity contribution in [3.63, 3.8) is 0 Å². The SMILES string of the molecule is O=C1c2cc(Oc3ccc(-c4ccccc4)cc3)c3c4c(Oc5ccc(-c6ccccc6)cc5)cc5c6c(cc(Oc7ccc(-c8ccccc8)cc7)c(c7c(Oc8ccc(-c9ccccc9)cc8)cc(c2c37)C(=O)N1CC(=O)N(c1cc(OCC2CO2)ccn1)c1cc(OCC2CO2)ccn1)c64)C(=O)N(CC(=O)N(c1cc(OCC2CO2)ccn1)c1cc(OCC2CO2)ccn1)C5=O. The Kier molecular flexibility index (Phi) is 21.1. The second-order valence-electron chi connectivity index (χ2n) is 33.0. The number of hydrogen-bond donors (Lipinski definition) is 0. The number of aromatic nitrogens is 4. The minimum Gasteiger partial charge on any atom is -0.491 e. The Labute approximate surface area is 764 Å². The third kappa shape index (κ3) is 16.3. The lowest BCUT2D eigenvalue weighted by molar-refractivity contribution is -0.119. The number of carbonyl (C=O) groups is 6. The van der Waals surface area contributed by atoms with Crippen LogP contribution in [0.4, 0.5) is 23.3 Å². The summed E-state index contributed by atoms with van der Waals surface area (Å²) in [4.78, 5) is 123. The standard InChI is InChI=1S/C108H76N8O18/c117-95(115(91-45-75(37-41-109-91)123-55-79-59-127-79)92-46-76(38-42-110-92)124-56-80-60-128-80)53-113-105(119)83-49-87(131-71-29-21-67(22-30-71)63-13-5-1-6-14-63)99-100-88(132-72-31-23-68(24-32-72)64-15-7-2-8-16-64)50-85-98-86(108(122)114(107(85)121)54-96(118)116(93-47-77(39-43-111-93)125-57-81-61-129-81)94-48-78(40-44-112-94)126-58-82-62-130-82)52-90(134-74-35-27-70(28-36-74)66-19-11-4-12-20-66)102(104(98)100)101-89(51-84(106(113)120)97(83)103(99)101)133-73-33-25-69(26-34-73)65-17-9-3-10-18-65/h1-52,79-82H,53-62H2. The molecule has 134 heavy (non-hydrogen) atoms. The van der Waals surface area contributed by atoms with Gasteiger partial charge >= 0.3 is 0 Å². The highest BCUT2D eigenvalue weighted by Crippen LogP contribution is 2.59. The molecule has 0 bridgehead atoms. The number of hydrogen-bond acceptors (Lipinski definition) is 22. The zero-order valence-electron chi connectivity index (χ0n) is 71.3. The summed E-state index contributed by atoms with van der Waals surface area (Å²) in [6, 6.07) is 87.6. The average molecular weight is 1770 g/mol. The van der Waals surface area contributed by atoms with Gasteiger partial charge in [-0.2, -0.15) is 0 Å². The van der Waals surface area contributed by atoms with Crippen molar-refractivity contribution in [1.82, 2.24) is 29.7 Å². The molecule has 17 aromatic rings. The van der Waals surface area contributed by atoms with E-state index in [2.05, 4.69) is 19.9 Å². The summed E-state index contributed by atoms with van der Waals surface area (Å²) >= 11 is 0. The van der Waals surface area contributed by atoms with Gasteiger partial charge in [-0.3, -0.25) is 38.6 Å². The van der Waals surface area contributed by atoms with Crippen molar-refractivity contribution in [2.75, 3.05) is 75.7 Å². The molecule has 0 saturated carbocycles. The lowest BCUT2D eigenvalue weighted by Gasteiger charge is -2.33. The van der Waals surface area contributed by atoms with E-state index in [9.17, 15) is 0 Å². The molecule has 26 heteroatoms. The Morgan fingerprint density at radius 3 is 0.701 bits per heavy atom. The quantitative estimate of drug-likeness (QED) is 0.0164. The third-order valence-electron chi connectivity index (χ3n) is 24.0. The van der Waals surface area contributed by atoms with Gasteiger partial charge in [-0.15, -0.1) is 0 Å². The Morgan fingerprint density at radius 1 is 0.269 bits per heavy atom. The smallest absolute Gasteiger partial charge is 0.262 e. The molecule has 4 aromatic heterocycles. The normalized spacial score (nSPS) is 16.1. The van der Waals surface area contributed by atoms with Gasteiger partial charge < -0.3 is 56.8 Å². The highest BCUT2D eigenvalue weighted by Gasteiger charge is 2.45. The summed E-state index contributed by atoms with van der Waals surface area (Å²) in [5.74, 6) is -2.77. The molecule has 6 amide bonds. The summed E-state index contributed by atoms with van der Waals surface area (Å²) < 4.78 is 76.4. The minimum absolute atomic E-state index is 0.00868. The fourth-order valence-electron chi connectivity index (χ4n) is 17.1.